The van der Waals surface area contributed by atoms with Gasteiger partial charge in [-0.05, 0) is 93.0 Å². The number of hydrogen-bond acceptors (Lipinski definition) is 4. The Morgan fingerprint density at radius 1 is 0.306 bits per heavy atom. The SMILES string of the molecule is c1ccc(-c2cc(-c3ccc(-c4ccc5c(c4)C4(c6cc(-c7cccc(-c8ccccn8)c7)ccc6O5)c5ccccc5-c5ccccc54)cc3)nc(-c3ccccc3)n2)cc1. The second-order valence-corrected chi connectivity index (χ2v) is 15.9. The summed E-state index contributed by atoms with van der Waals surface area (Å²) in [5.74, 6) is 2.42. The van der Waals surface area contributed by atoms with E-state index in [2.05, 4.69) is 175 Å². The van der Waals surface area contributed by atoms with E-state index < -0.39 is 5.41 Å². The Morgan fingerprint density at radius 2 is 0.790 bits per heavy atom. The summed E-state index contributed by atoms with van der Waals surface area (Å²) in [5.41, 5.74) is 18.0. The molecule has 4 nitrogen and oxygen atoms in total. The van der Waals surface area contributed by atoms with E-state index in [0.717, 1.165) is 84.2 Å². The van der Waals surface area contributed by atoms with Gasteiger partial charge in [0, 0.05) is 39.6 Å². The minimum Gasteiger partial charge on any atom is -0.457 e. The molecule has 0 radical (unpaired) electrons. The van der Waals surface area contributed by atoms with E-state index in [1.165, 1.54) is 22.3 Å². The molecule has 1 aliphatic carbocycles. The second kappa shape index (κ2) is 14.5. The third-order valence-electron chi connectivity index (χ3n) is 12.4. The highest BCUT2D eigenvalue weighted by atomic mass is 16.5. The first-order chi connectivity index (χ1) is 30.7. The molecule has 290 valence electrons. The van der Waals surface area contributed by atoms with Gasteiger partial charge in [0.2, 0.25) is 0 Å². The molecule has 0 unspecified atom stereocenters. The van der Waals surface area contributed by atoms with Crippen molar-refractivity contribution >= 4 is 0 Å². The number of rotatable bonds is 6. The van der Waals surface area contributed by atoms with Gasteiger partial charge in [-0.15, -0.1) is 0 Å². The topological polar surface area (TPSA) is 47.9 Å². The average molecular weight is 792 g/mol. The van der Waals surface area contributed by atoms with Crippen LogP contribution in [0.4, 0.5) is 0 Å². The smallest absolute Gasteiger partial charge is 0.160 e. The molecule has 1 spiro atoms. The van der Waals surface area contributed by atoms with Crippen LogP contribution in [-0.2, 0) is 5.41 Å². The summed E-state index contributed by atoms with van der Waals surface area (Å²) >= 11 is 0. The minimum atomic E-state index is -0.622. The van der Waals surface area contributed by atoms with Crippen LogP contribution in [-0.4, -0.2) is 15.0 Å². The van der Waals surface area contributed by atoms with Gasteiger partial charge < -0.3 is 4.74 Å². The predicted molar refractivity (Wildman–Crippen MR) is 250 cm³/mol. The molecule has 8 aromatic carbocycles. The number of pyridine rings is 1. The van der Waals surface area contributed by atoms with Crippen molar-refractivity contribution in [2.24, 2.45) is 0 Å². The Balaban J connectivity index is 0.997. The van der Waals surface area contributed by atoms with Crippen molar-refractivity contribution < 1.29 is 4.74 Å². The Morgan fingerprint density at radius 3 is 1.42 bits per heavy atom. The van der Waals surface area contributed by atoms with Crippen molar-refractivity contribution in [3.63, 3.8) is 0 Å². The fraction of sp³-hybridized carbons (Fsp3) is 0.0172. The van der Waals surface area contributed by atoms with E-state index in [1.807, 2.05) is 54.7 Å². The van der Waals surface area contributed by atoms with Crippen LogP contribution in [0.25, 0.3) is 78.5 Å². The van der Waals surface area contributed by atoms with Crippen LogP contribution in [0.2, 0.25) is 0 Å². The summed E-state index contributed by atoms with van der Waals surface area (Å²) in [4.78, 5) is 14.7. The summed E-state index contributed by atoms with van der Waals surface area (Å²) in [7, 11) is 0. The first-order valence-corrected chi connectivity index (χ1v) is 21.0. The molecule has 0 saturated carbocycles. The van der Waals surface area contributed by atoms with Gasteiger partial charge in [-0.1, -0.05) is 170 Å². The molecule has 1 aliphatic heterocycles. The molecule has 10 aromatic rings. The maximum atomic E-state index is 6.92. The number of nitrogens with zero attached hydrogens (tertiary/aromatic N) is 3. The first-order valence-electron chi connectivity index (χ1n) is 21.0. The van der Waals surface area contributed by atoms with Crippen LogP contribution in [0.5, 0.6) is 11.5 Å². The molecule has 0 atom stereocenters. The van der Waals surface area contributed by atoms with Gasteiger partial charge >= 0.3 is 0 Å². The molecule has 62 heavy (non-hydrogen) atoms. The van der Waals surface area contributed by atoms with Crippen molar-refractivity contribution in [2.75, 3.05) is 0 Å². The third kappa shape index (κ3) is 5.80. The van der Waals surface area contributed by atoms with E-state index in [-0.39, 0.29) is 0 Å². The van der Waals surface area contributed by atoms with Gasteiger partial charge in [0.25, 0.3) is 0 Å². The first kappa shape index (κ1) is 35.7. The zero-order chi connectivity index (χ0) is 41.0. The normalized spacial score (nSPS) is 12.8. The average Bonchev–Trinajstić information content (AvgIpc) is 3.65. The molecule has 3 heterocycles. The Bertz CT molecular complexity index is 3210. The number of aromatic nitrogens is 3. The molecule has 0 bridgehead atoms. The number of benzene rings is 8. The van der Waals surface area contributed by atoms with Crippen LogP contribution in [0.15, 0.2) is 225 Å². The van der Waals surface area contributed by atoms with Gasteiger partial charge in [0.1, 0.15) is 11.5 Å². The monoisotopic (exact) mass is 791 g/mol. The molecular weight excluding hydrogens is 755 g/mol. The summed E-state index contributed by atoms with van der Waals surface area (Å²) < 4.78 is 6.92. The van der Waals surface area contributed by atoms with E-state index in [1.54, 1.807) is 0 Å². The number of fused-ring (bicyclic) bond motifs is 9. The molecule has 0 saturated heterocycles. The minimum absolute atomic E-state index is 0.622. The fourth-order valence-electron chi connectivity index (χ4n) is 9.56. The maximum Gasteiger partial charge on any atom is 0.160 e. The van der Waals surface area contributed by atoms with Crippen LogP contribution in [0.1, 0.15) is 22.3 Å². The molecule has 4 heteroatoms. The Kier molecular flexibility index (Phi) is 8.36. The largest absolute Gasteiger partial charge is 0.457 e. The van der Waals surface area contributed by atoms with Crippen LogP contribution in [0, 0.1) is 0 Å². The zero-order valence-corrected chi connectivity index (χ0v) is 33.6. The van der Waals surface area contributed by atoms with E-state index in [0.29, 0.717) is 5.82 Å². The highest BCUT2D eigenvalue weighted by Crippen LogP contribution is 2.62. The molecular formula is C58H37N3O. The number of hydrogen-bond donors (Lipinski definition) is 0. The summed E-state index contributed by atoms with van der Waals surface area (Å²) in [6.45, 7) is 0. The van der Waals surface area contributed by atoms with Crippen LogP contribution >= 0.6 is 0 Å². The lowest BCUT2D eigenvalue weighted by Gasteiger charge is -2.40. The predicted octanol–water partition coefficient (Wildman–Crippen LogP) is 14.3. The zero-order valence-electron chi connectivity index (χ0n) is 33.6. The lowest BCUT2D eigenvalue weighted by molar-refractivity contribution is 0.436. The summed E-state index contributed by atoms with van der Waals surface area (Å²) in [6, 6.07) is 77.2. The lowest BCUT2D eigenvalue weighted by atomic mass is 9.65. The number of ether oxygens (including phenoxy) is 1. The molecule has 12 rings (SSSR count). The Labute approximate surface area is 360 Å². The molecule has 2 aromatic heterocycles. The van der Waals surface area contributed by atoms with Gasteiger partial charge in [0.05, 0.1) is 22.5 Å². The van der Waals surface area contributed by atoms with Crippen LogP contribution in [0.3, 0.4) is 0 Å². The molecule has 2 aliphatic rings. The standard InChI is InChI=1S/C58H37N3O/c1-3-14-39(15-4-1)53-37-54(61-57(60-53)41-16-5-2-6-17-41)40-27-25-38(26-28-40)43-29-31-55-50(35-43)58(48-22-9-7-20-46(48)47-21-8-10-23-49(47)58)51-36-44(30-32-56(51)62-55)42-18-13-19-45(34-42)52-24-11-12-33-59-52/h1-37H. The highest BCUT2D eigenvalue weighted by Gasteiger charge is 2.51. The second-order valence-electron chi connectivity index (χ2n) is 15.9. The van der Waals surface area contributed by atoms with Crippen molar-refractivity contribution in [1.29, 1.82) is 0 Å². The van der Waals surface area contributed by atoms with Gasteiger partial charge in [-0.3, -0.25) is 4.98 Å². The van der Waals surface area contributed by atoms with E-state index in [4.69, 9.17) is 14.7 Å². The van der Waals surface area contributed by atoms with Crippen LogP contribution < -0.4 is 4.74 Å². The van der Waals surface area contributed by atoms with Gasteiger partial charge in [-0.25, -0.2) is 9.97 Å². The molecule has 0 amide bonds. The fourth-order valence-corrected chi connectivity index (χ4v) is 9.56. The Hall–Kier alpha value is -8.21. The third-order valence-corrected chi connectivity index (χ3v) is 12.4. The van der Waals surface area contributed by atoms with Crippen molar-refractivity contribution in [3.05, 3.63) is 247 Å². The summed E-state index contributed by atoms with van der Waals surface area (Å²) in [5, 5.41) is 0. The van der Waals surface area contributed by atoms with Gasteiger partial charge in [-0.2, -0.15) is 0 Å². The van der Waals surface area contributed by atoms with Crippen molar-refractivity contribution in [2.45, 2.75) is 5.41 Å². The molecule has 0 fully saturated rings. The van der Waals surface area contributed by atoms with Crippen molar-refractivity contribution in [3.8, 4) is 90.0 Å². The molecule has 0 N–H and O–H groups in total. The maximum absolute atomic E-state index is 6.92. The quantitative estimate of drug-likeness (QED) is 0.168. The summed E-state index contributed by atoms with van der Waals surface area (Å²) in [6.07, 6.45) is 1.85. The lowest BCUT2D eigenvalue weighted by Crippen LogP contribution is -2.32. The van der Waals surface area contributed by atoms with E-state index >= 15 is 0 Å². The van der Waals surface area contributed by atoms with Gasteiger partial charge in [0.15, 0.2) is 5.82 Å². The highest BCUT2D eigenvalue weighted by molar-refractivity contribution is 5.90. The van der Waals surface area contributed by atoms with E-state index in [9.17, 15) is 0 Å². The van der Waals surface area contributed by atoms with Crippen molar-refractivity contribution in [1.82, 2.24) is 15.0 Å².